The first-order chi connectivity index (χ1) is 16.2. The van der Waals surface area contributed by atoms with Gasteiger partial charge in [0.05, 0.1) is 0 Å². The number of benzene rings is 1. The molecule has 1 fully saturated rings. The Labute approximate surface area is 202 Å². The summed E-state index contributed by atoms with van der Waals surface area (Å²) in [7, 11) is -13.7. The molecule has 1 aliphatic heterocycles. The van der Waals surface area contributed by atoms with Crippen LogP contribution in [0, 0.1) is 0 Å². The Morgan fingerprint density at radius 2 is 1.33 bits per heavy atom. The summed E-state index contributed by atoms with van der Waals surface area (Å²) in [6, 6.07) is 3.95. The lowest BCUT2D eigenvalue weighted by Gasteiger charge is -2.29. The molecule has 1 saturated heterocycles. The van der Waals surface area contributed by atoms with Crippen molar-refractivity contribution >= 4 is 38.3 Å². The third-order valence-corrected chi connectivity index (χ3v) is 7.48. The second kappa shape index (κ2) is 9.97. The van der Waals surface area contributed by atoms with E-state index in [1.165, 1.54) is 12.1 Å². The maximum Gasteiger partial charge on any atom is 0.566 e. The van der Waals surface area contributed by atoms with Crippen molar-refractivity contribution in [2.45, 2.75) is 42.1 Å². The van der Waals surface area contributed by atoms with Gasteiger partial charge in [-0.15, -0.1) is 8.42 Å². The van der Waals surface area contributed by atoms with Crippen molar-refractivity contribution in [3.8, 4) is 5.75 Å². The fourth-order valence-corrected chi connectivity index (χ4v) is 4.09. The molecule has 1 aromatic carbocycles. The van der Waals surface area contributed by atoms with E-state index in [4.69, 9.17) is 0 Å². The van der Waals surface area contributed by atoms with Crippen LogP contribution in [-0.2, 0) is 42.4 Å². The maximum atomic E-state index is 14.1. The van der Waals surface area contributed by atoms with Crippen LogP contribution < -0.4 is 9.08 Å². The van der Waals surface area contributed by atoms with Crippen molar-refractivity contribution in [2.24, 2.45) is 0 Å². The molecule has 0 unspecified atom stereocenters. The second-order valence-electron chi connectivity index (χ2n) is 6.99. The number of sulfonamides is 1. The zero-order valence-corrected chi connectivity index (χ0v) is 19.7. The first-order valence-corrected chi connectivity index (χ1v) is 12.5. The van der Waals surface area contributed by atoms with Gasteiger partial charge in [-0.05, 0) is 53.4 Å². The van der Waals surface area contributed by atoms with Crippen molar-refractivity contribution in [1.82, 2.24) is 0 Å². The lowest BCUT2D eigenvalue weighted by atomic mass is 10.1. The van der Waals surface area contributed by atoms with Crippen LogP contribution in [0.2, 0.25) is 0 Å². The van der Waals surface area contributed by atoms with Gasteiger partial charge in [0.2, 0.25) is 3.51 Å². The second-order valence-corrected chi connectivity index (χ2v) is 10.9. The average Bonchev–Trinajstić information content (AvgIpc) is 2.77. The minimum atomic E-state index is -7.09. The molecule has 2 rings (SSSR count). The molecule has 1 aliphatic rings. The molecular formula is C15H14F9N2O7S3+. The zero-order valence-electron chi connectivity index (χ0n) is 17.2. The third kappa shape index (κ3) is 5.72. The van der Waals surface area contributed by atoms with Gasteiger partial charge in [0.1, 0.15) is 5.75 Å². The Morgan fingerprint density at radius 3 is 1.81 bits per heavy atom. The molecule has 36 heavy (non-hydrogen) atoms. The van der Waals surface area contributed by atoms with Crippen LogP contribution >= 0.6 is 0 Å². The molecule has 21 heteroatoms. The molecule has 206 valence electrons. The number of hydrogen-bond acceptors (Lipinski definition) is 9. The van der Waals surface area contributed by atoms with E-state index in [-0.39, 0.29) is 0 Å². The first-order valence-electron chi connectivity index (χ1n) is 9.24. The number of nitrogens with zero attached hydrogens (tertiary/aromatic N) is 2. The zero-order chi connectivity index (χ0) is 27.8. The van der Waals surface area contributed by atoms with Crippen LogP contribution in [0.15, 0.2) is 24.3 Å². The highest BCUT2D eigenvalue weighted by Gasteiger charge is 2.81. The van der Waals surface area contributed by atoms with E-state index < -0.39 is 52.2 Å². The molecule has 0 amide bonds. The Bertz CT molecular complexity index is 1170. The van der Waals surface area contributed by atoms with Crippen LogP contribution in [0.5, 0.6) is 5.75 Å². The SMILES string of the molecule is O=S(=O)(Oc1ccc(N2CCCCC2)cc1)C(F)(F)C(F)(F)C(F)(F)OO[N+](=S)S(=O)(=O)C(F)(F)F. The van der Waals surface area contributed by atoms with Crippen molar-refractivity contribution < 1.29 is 73.9 Å². The predicted octanol–water partition coefficient (Wildman–Crippen LogP) is 3.66. The van der Waals surface area contributed by atoms with E-state index in [9.17, 15) is 56.3 Å². The van der Waals surface area contributed by atoms with Gasteiger partial charge in [0, 0.05) is 18.8 Å². The summed E-state index contributed by atoms with van der Waals surface area (Å²) in [5.74, 6) is -8.06. The van der Waals surface area contributed by atoms with Crippen molar-refractivity contribution in [1.29, 1.82) is 0 Å². The lowest BCUT2D eigenvalue weighted by Crippen LogP contribution is -2.59. The molecule has 0 N–H and O–H groups in total. The van der Waals surface area contributed by atoms with Crippen molar-refractivity contribution in [2.75, 3.05) is 18.0 Å². The predicted molar refractivity (Wildman–Crippen MR) is 102 cm³/mol. The molecule has 0 aromatic heterocycles. The van der Waals surface area contributed by atoms with Crippen LogP contribution in [-0.4, -0.2) is 56.2 Å². The minimum Gasteiger partial charge on any atom is -0.378 e. The van der Waals surface area contributed by atoms with E-state index in [1.807, 2.05) is 4.90 Å². The topological polar surface area (TPSA) is 102 Å². The number of alkyl halides is 9. The molecule has 1 aromatic rings. The first kappa shape index (κ1) is 30.1. The third-order valence-electron chi connectivity index (χ3n) is 4.50. The number of halogens is 9. The molecule has 9 nitrogen and oxygen atoms in total. The Hall–Kier alpha value is -2.13. The molecule has 1 heterocycles. The molecule has 0 saturated carbocycles. The van der Waals surface area contributed by atoms with E-state index in [0.717, 1.165) is 31.4 Å². The summed E-state index contributed by atoms with van der Waals surface area (Å²) >= 11 is 3.39. The molecule has 0 spiro atoms. The lowest BCUT2D eigenvalue weighted by molar-refractivity contribution is -0.801. The highest BCUT2D eigenvalue weighted by molar-refractivity contribution is 7.88. The van der Waals surface area contributed by atoms with E-state index in [2.05, 4.69) is 26.5 Å². The van der Waals surface area contributed by atoms with Gasteiger partial charge in [0.15, 0.2) is 0 Å². The van der Waals surface area contributed by atoms with Gasteiger partial charge in [-0.25, -0.2) is 0 Å². The standard InChI is InChI=1S/C15H14F9N2O7S3/c16-12(17,13(18,19)32-33-26(34)35(27,28)15(22,23)24)14(20,21)36(29,30)31-11-6-4-10(5-7-11)25-8-2-1-3-9-25/h4-7H,1-3,8-9H2/q+1. The van der Waals surface area contributed by atoms with Crippen molar-refractivity contribution in [3.63, 3.8) is 0 Å². The number of piperidine rings is 1. The smallest absolute Gasteiger partial charge is 0.378 e. The van der Waals surface area contributed by atoms with E-state index >= 15 is 0 Å². The van der Waals surface area contributed by atoms with Crippen LogP contribution in [0.4, 0.5) is 45.2 Å². The fraction of sp³-hybridized carbons (Fsp3) is 0.600. The van der Waals surface area contributed by atoms with Gasteiger partial charge in [-0.1, -0.05) is 0 Å². The van der Waals surface area contributed by atoms with Crippen molar-refractivity contribution in [3.05, 3.63) is 24.3 Å². The summed E-state index contributed by atoms with van der Waals surface area (Å²) < 4.78 is 167. The molecule has 0 radical (unpaired) electrons. The van der Waals surface area contributed by atoms with Crippen LogP contribution in [0.25, 0.3) is 0 Å². The van der Waals surface area contributed by atoms with Crippen LogP contribution in [0.1, 0.15) is 19.3 Å². The Morgan fingerprint density at radius 1 is 0.833 bits per heavy atom. The fourth-order valence-electron chi connectivity index (χ4n) is 2.62. The van der Waals surface area contributed by atoms with Gasteiger partial charge in [-0.3, -0.25) is 0 Å². The summed E-state index contributed by atoms with van der Waals surface area (Å²) in [6.07, 6.45) is -4.14. The van der Waals surface area contributed by atoms with Crippen LogP contribution in [0.3, 0.4) is 0 Å². The molecule has 0 atom stereocenters. The van der Waals surface area contributed by atoms with E-state index in [1.54, 1.807) is 0 Å². The van der Waals surface area contributed by atoms with Gasteiger partial charge < -0.3 is 9.08 Å². The van der Waals surface area contributed by atoms with Gasteiger partial charge in [-0.2, -0.15) is 47.9 Å². The molecular weight excluding hydrogens is 587 g/mol. The monoisotopic (exact) mass is 601 g/mol. The number of hydrogen-bond donors (Lipinski definition) is 0. The van der Waals surface area contributed by atoms with E-state index in [0.29, 0.717) is 18.8 Å². The summed E-state index contributed by atoms with van der Waals surface area (Å²) in [5.41, 5.74) is -5.79. The Kier molecular flexibility index (Phi) is 8.33. The highest BCUT2D eigenvalue weighted by atomic mass is 32.2. The summed E-state index contributed by atoms with van der Waals surface area (Å²) in [5, 5.41) is -6.80. The van der Waals surface area contributed by atoms with Gasteiger partial charge in [0.25, 0.3) is 0 Å². The highest BCUT2D eigenvalue weighted by Crippen LogP contribution is 2.49. The number of anilines is 1. The average molecular weight is 601 g/mol. The maximum absolute atomic E-state index is 14.1. The quantitative estimate of drug-likeness (QED) is 0.131. The van der Waals surface area contributed by atoms with Gasteiger partial charge >= 0.3 is 55.4 Å². The minimum absolute atomic E-state index is 0.496. The normalized spacial score (nSPS) is 16.5. The Balaban J connectivity index is 2.20. The molecule has 0 bridgehead atoms. The summed E-state index contributed by atoms with van der Waals surface area (Å²) in [4.78, 5) is 6.96. The summed E-state index contributed by atoms with van der Waals surface area (Å²) in [6.45, 7) is 1.23. The number of rotatable bonds is 10. The molecule has 0 aliphatic carbocycles. The largest absolute Gasteiger partial charge is 0.566 e.